The highest BCUT2D eigenvalue weighted by Crippen LogP contribution is 2.10. The summed E-state index contributed by atoms with van der Waals surface area (Å²) in [5, 5.41) is 12.4. The zero-order valence-corrected chi connectivity index (χ0v) is 8.98. The third-order valence-electron chi connectivity index (χ3n) is 1.98. The highest BCUT2D eigenvalue weighted by atomic mass is 16.4. The molecule has 0 aliphatic carbocycles. The van der Waals surface area contributed by atoms with E-state index in [9.17, 15) is 4.79 Å². The molecule has 1 aliphatic rings. The molecule has 1 aliphatic heterocycles. The van der Waals surface area contributed by atoms with Crippen LogP contribution in [-0.4, -0.2) is 39.6 Å². The van der Waals surface area contributed by atoms with Gasteiger partial charge in [-0.3, -0.25) is 0 Å². The number of carboxylic acids is 1. The second-order valence-electron chi connectivity index (χ2n) is 3.91. The van der Waals surface area contributed by atoms with Crippen LogP contribution in [0.25, 0.3) is 0 Å². The lowest BCUT2D eigenvalue weighted by atomic mass is 10.4. The van der Waals surface area contributed by atoms with Gasteiger partial charge in [-0.15, -0.1) is 0 Å². The summed E-state index contributed by atoms with van der Waals surface area (Å²) in [6, 6.07) is 0.406. The van der Waals surface area contributed by atoms with Crippen LogP contribution in [0, 0.1) is 0 Å². The SMILES string of the molecule is CC(C)N1NC(C(=O)O)NN1C(C)C. The van der Waals surface area contributed by atoms with Crippen LogP contribution in [0.15, 0.2) is 0 Å². The fraction of sp³-hybridized carbons (Fsp3) is 0.875. The van der Waals surface area contributed by atoms with Crippen LogP contribution in [0.5, 0.6) is 0 Å². The third-order valence-corrected chi connectivity index (χ3v) is 1.98. The molecule has 0 unspecified atom stereocenters. The largest absolute Gasteiger partial charge is 0.479 e. The maximum atomic E-state index is 10.8. The molecule has 1 saturated heterocycles. The van der Waals surface area contributed by atoms with E-state index in [1.807, 2.05) is 27.7 Å². The number of carbonyl (C=O) groups is 1. The number of hydrogen-bond acceptors (Lipinski definition) is 5. The molecule has 0 aromatic heterocycles. The topological polar surface area (TPSA) is 67.8 Å². The fourth-order valence-corrected chi connectivity index (χ4v) is 1.32. The van der Waals surface area contributed by atoms with Gasteiger partial charge in [0.15, 0.2) is 6.17 Å². The Morgan fingerprint density at radius 3 is 1.71 bits per heavy atom. The zero-order valence-electron chi connectivity index (χ0n) is 8.98. The smallest absolute Gasteiger partial charge is 0.338 e. The zero-order chi connectivity index (χ0) is 10.9. The molecule has 0 saturated carbocycles. The molecule has 6 nitrogen and oxygen atoms in total. The molecule has 0 radical (unpaired) electrons. The monoisotopic (exact) mass is 202 g/mol. The molecule has 0 aromatic carbocycles. The Bertz CT molecular complexity index is 203. The van der Waals surface area contributed by atoms with Crippen molar-refractivity contribution in [3.63, 3.8) is 0 Å². The number of hydrogen-bond donors (Lipinski definition) is 3. The van der Waals surface area contributed by atoms with E-state index in [-0.39, 0.29) is 12.1 Å². The highest BCUT2D eigenvalue weighted by molar-refractivity contribution is 5.72. The summed E-state index contributed by atoms with van der Waals surface area (Å²) in [5.41, 5.74) is 5.74. The Labute approximate surface area is 83.8 Å². The molecule has 6 heteroatoms. The van der Waals surface area contributed by atoms with Gasteiger partial charge in [0, 0.05) is 12.1 Å². The number of rotatable bonds is 3. The first-order chi connectivity index (χ1) is 6.43. The van der Waals surface area contributed by atoms with E-state index < -0.39 is 12.1 Å². The highest BCUT2D eigenvalue weighted by Gasteiger charge is 2.35. The first-order valence-electron chi connectivity index (χ1n) is 4.77. The van der Waals surface area contributed by atoms with Crippen LogP contribution in [0.3, 0.4) is 0 Å². The number of hydrazine groups is 3. The van der Waals surface area contributed by atoms with Crippen LogP contribution >= 0.6 is 0 Å². The van der Waals surface area contributed by atoms with E-state index in [4.69, 9.17) is 5.11 Å². The van der Waals surface area contributed by atoms with Crippen LogP contribution in [0.4, 0.5) is 0 Å². The normalized spacial score (nSPS) is 21.3. The minimum Gasteiger partial charge on any atom is -0.479 e. The van der Waals surface area contributed by atoms with E-state index >= 15 is 0 Å². The van der Waals surface area contributed by atoms with Gasteiger partial charge < -0.3 is 5.11 Å². The molecule has 0 spiro atoms. The molecule has 0 aromatic rings. The van der Waals surface area contributed by atoms with Gasteiger partial charge >= 0.3 is 5.97 Å². The predicted molar refractivity (Wildman–Crippen MR) is 51.6 cm³/mol. The Kier molecular flexibility index (Phi) is 3.43. The van der Waals surface area contributed by atoms with Gasteiger partial charge in [-0.2, -0.15) is 10.2 Å². The summed E-state index contributed by atoms with van der Waals surface area (Å²) in [6.07, 6.45) is -0.736. The fourth-order valence-electron chi connectivity index (χ4n) is 1.32. The quantitative estimate of drug-likeness (QED) is 0.586. The molecule has 82 valence electrons. The molecular weight excluding hydrogens is 184 g/mol. The standard InChI is InChI=1S/C8H18N4O2/c1-5(2)11-9-7(8(13)14)10-12(11)6(3)4/h5-7,9-10H,1-4H3,(H,13,14). The van der Waals surface area contributed by atoms with Crippen molar-refractivity contribution < 1.29 is 9.90 Å². The molecule has 0 atom stereocenters. The Hall–Kier alpha value is -0.690. The summed E-state index contributed by atoms with van der Waals surface area (Å²) >= 11 is 0. The summed E-state index contributed by atoms with van der Waals surface area (Å²) in [4.78, 5) is 10.8. The van der Waals surface area contributed by atoms with E-state index in [1.54, 1.807) is 10.2 Å². The minimum absolute atomic E-state index is 0.203. The van der Waals surface area contributed by atoms with Crippen molar-refractivity contribution in [2.45, 2.75) is 45.9 Å². The van der Waals surface area contributed by atoms with Crippen molar-refractivity contribution in [3.05, 3.63) is 0 Å². The number of nitrogens with one attached hydrogen (secondary N) is 2. The maximum absolute atomic E-state index is 10.8. The van der Waals surface area contributed by atoms with Crippen LogP contribution in [0.2, 0.25) is 0 Å². The number of aliphatic carboxylic acids is 1. The summed E-state index contributed by atoms with van der Waals surface area (Å²) < 4.78 is 0. The van der Waals surface area contributed by atoms with Crippen molar-refractivity contribution in [2.75, 3.05) is 0 Å². The van der Waals surface area contributed by atoms with E-state index in [0.717, 1.165) is 0 Å². The molecule has 3 N–H and O–H groups in total. The van der Waals surface area contributed by atoms with Gasteiger partial charge in [0.2, 0.25) is 0 Å². The second kappa shape index (κ2) is 4.22. The van der Waals surface area contributed by atoms with Gasteiger partial charge in [0.05, 0.1) is 0 Å². The van der Waals surface area contributed by atoms with Gasteiger partial charge in [0.1, 0.15) is 0 Å². The average molecular weight is 202 g/mol. The van der Waals surface area contributed by atoms with Crippen molar-refractivity contribution >= 4 is 5.97 Å². The predicted octanol–water partition coefficient (Wildman–Crippen LogP) is -0.244. The van der Waals surface area contributed by atoms with E-state index in [1.165, 1.54) is 0 Å². The summed E-state index contributed by atoms with van der Waals surface area (Å²) in [7, 11) is 0. The van der Waals surface area contributed by atoms with Crippen LogP contribution in [0.1, 0.15) is 27.7 Å². The lowest BCUT2D eigenvalue weighted by molar-refractivity contribution is -0.140. The van der Waals surface area contributed by atoms with Crippen molar-refractivity contribution in [1.82, 2.24) is 21.1 Å². The molecule has 1 heterocycles. The van der Waals surface area contributed by atoms with E-state index in [0.29, 0.717) is 0 Å². The Morgan fingerprint density at radius 2 is 1.50 bits per heavy atom. The molecule has 0 amide bonds. The first kappa shape index (κ1) is 11.4. The minimum atomic E-state index is -0.904. The van der Waals surface area contributed by atoms with Gasteiger partial charge in [-0.25, -0.2) is 15.6 Å². The summed E-state index contributed by atoms with van der Waals surface area (Å²) in [5.74, 6) is -0.904. The molecular formula is C8H18N4O2. The molecule has 0 bridgehead atoms. The Balaban J connectivity index is 2.70. The lowest BCUT2D eigenvalue weighted by Crippen LogP contribution is -2.51. The third kappa shape index (κ3) is 2.21. The molecule has 1 rings (SSSR count). The number of nitrogens with zero attached hydrogens (tertiary/aromatic N) is 2. The second-order valence-corrected chi connectivity index (χ2v) is 3.91. The van der Waals surface area contributed by atoms with Crippen molar-refractivity contribution in [3.8, 4) is 0 Å². The van der Waals surface area contributed by atoms with Gasteiger partial charge in [-0.05, 0) is 27.7 Å². The van der Waals surface area contributed by atoms with Gasteiger partial charge in [0.25, 0.3) is 0 Å². The maximum Gasteiger partial charge on any atom is 0.338 e. The Morgan fingerprint density at radius 1 is 1.14 bits per heavy atom. The average Bonchev–Trinajstić information content (AvgIpc) is 2.47. The van der Waals surface area contributed by atoms with Gasteiger partial charge in [-0.1, -0.05) is 0 Å². The first-order valence-corrected chi connectivity index (χ1v) is 4.77. The van der Waals surface area contributed by atoms with E-state index in [2.05, 4.69) is 10.9 Å². The molecule has 1 fully saturated rings. The molecule has 14 heavy (non-hydrogen) atoms. The van der Waals surface area contributed by atoms with Crippen LogP contribution in [-0.2, 0) is 4.79 Å². The van der Waals surface area contributed by atoms with Crippen LogP contribution < -0.4 is 10.9 Å². The lowest BCUT2D eigenvalue weighted by Gasteiger charge is -2.31. The summed E-state index contributed by atoms with van der Waals surface area (Å²) in [6.45, 7) is 7.98. The van der Waals surface area contributed by atoms with Crippen molar-refractivity contribution in [1.29, 1.82) is 0 Å². The van der Waals surface area contributed by atoms with Crippen molar-refractivity contribution in [2.24, 2.45) is 0 Å². The number of carboxylic acid groups (broad SMARTS) is 1.